The van der Waals surface area contributed by atoms with Crippen LogP contribution >= 0.6 is 0 Å². The maximum Gasteiger partial charge on any atom is 0.338 e. The Bertz CT molecular complexity index is 692. The Labute approximate surface area is 159 Å². The van der Waals surface area contributed by atoms with E-state index in [1.807, 2.05) is 9.80 Å². The fourth-order valence-corrected chi connectivity index (χ4v) is 3.62. The Morgan fingerprint density at radius 1 is 1.07 bits per heavy atom. The van der Waals surface area contributed by atoms with Gasteiger partial charge >= 0.3 is 12.0 Å². The average molecular weight is 373 g/mol. The molecule has 0 saturated carbocycles. The molecule has 7 nitrogen and oxygen atoms in total. The van der Waals surface area contributed by atoms with Gasteiger partial charge in [-0.15, -0.1) is 0 Å². The lowest BCUT2D eigenvalue weighted by molar-refractivity contribution is -0.121. The summed E-state index contributed by atoms with van der Waals surface area (Å²) in [7, 11) is 0. The number of urea groups is 1. The number of esters is 1. The van der Waals surface area contributed by atoms with Crippen molar-refractivity contribution in [2.45, 2.75) is 32.6 Å². The van der Waals surface area contributed by atoms with Crippen molar-refractivity contribution in [2.75, 3.05) is 38.1 Å². The molecular formula is C20H27N3O4. The number of rotatable bonds is 4. The molecule has 0 radical (unpaired) electrons. The molecule has 1 aromatic carbocycles. The van der Waals surface area contributed by atoms with E-state index in [0.29, 0.717) is 43.8 Å². The number of likely N-dealkylation sites (tertiary alicyclic amines) is 2. The number of carbonyl (C=O) groups excluding carboxylic acids is 3. The molecule has 146 valence electrons. The van der Waals surface area contributed by atoms with E-state index >= 15 is 0 Å². The van der Waals surface area contributed by atoms with E-state index in [-0.39, 0.29) is 17.9 Å². The summed E-state index contributed by atoms with van der Waals surface area (Å²) in [6.07, 6.45) is 3.47. The van der Waals surface area contributed by atoms with Crippen LogP contribution in [0.4, 0.5) is 10.5 Å². The van der Waals surface area contributed by atoms with Gasteiger partial charge in [0.25, 0.3) is 0 Å². The molecule has 1 N–H and O–H groups in total. The zero-order chi connectivity index (χ0) is 19.2. The summed E-state index contributed by atoms with van der Waals surface area (Å²) in [5.74, 6) is -0.592. The molecule has 2 heterocycles. The predicted octanol–water partition coefficient (Wildman–Crippen LogP) is 2.73. The van der Waals surface area contributed by atoms with Crippen molar-refractivity contribution in [3.63, 3.8) is 0 Å². The highest BCUT2D eigenvalue weighted by atomic mass is 16.5. The van der Waals surface area contributed by atoms with Crippen LogP contribution in [-0.2, 0) is 9.53 Å². The first-order chi connectivity index (χ1) is 13.1. The number of carbonyl (C=O) groups is 3. The van der Waals surface area contributed by atoms with Gasteiger partial charge in [0.1, 0.15) is 0 Å². The largest absolute Gasteiger partial charge is 0.462 e. The van der Waals surface area contributed by atoms with Gasteiger partial charge in [0.05, 0.1) is 12.2 Å². The molecule has 3 amide bonds. The fourth-order valence-electron chi connectivity index (χ4n) is 3.62. The lowest BCUT2D eigenvalue weighted by atomic mass is 9.96. The number of nitrogens with one attached hydrogen (secondary N) is 1. The van der Waals surface area contributed by atoms with Crippen LogP contribution in [0.1, 0.15) is 43.0 Å². The smallest absolute Gasteiger partial charge is 0.338 e. The molecule has 2 fully saturated rings. The molecule has 0 bridgehead atoms. The van der Waals surface area contributed by atoms with Crippen molar-refractivity contribution < 1.29 is 19.1 Å². The SMILES string of the molecule is CCOC(=O)c1cccc(NC(=O)C2CCN(C(=O)N3CCCC3)CC2)c1. The number of nitrogens with zero attached hydrogens (tertiary/aromatic N) is 2. The molecule has 2 saturated heterocycles. The van der Waals surface area contributed by atoms with Crippen LogP contribution in [0.5, 0.6) is 0 Å². The standard InChI is InChI=1S/C20H27N3O4/c1-2-27-19(25)16-6-5-7-17(14-16)21-18(24)15-8-12-23(13-9-15)20(26)22-10-3-4-11-22/h5-7,14-15H,2-4,8-13H2,1H3,(H,21,24). The second kappa shape index (κ2) is 8.88. The van der Waals surface area contributed by atoms with E-state index in [1.54, 1.807) is 31.2 Å². The molecule has 0 atom stereocenters. The molecule has 2 aliphatic heterocycles. The molecule has 2 aliphatic rings. The van der Waals surface area contributed by atoms with Crippen molar-refractivity contribution in [2.24, 2.45) is 5.92 Å². The minimum absolute atomic E-state index is 0.0655. The molecule has 7 heteroatoms. The summed E-state index contributed by atoms with van der Waals surface area (Å²) in [5, 5.41) is 2.89. The highest BCUT2D eigenvalue weighted by Gasteiger charge is 2.30. The number of piperidine rings is 1. The van der Waals surface area contributed by atoms with E-state index in [9.17, 15) is 14.4 Å². The van der Waals surface area contributed by atoms with Crippen molar-refractivity contribution in [1.29, 1.82) is 0 Å². The molecule has 0 spiro atoms. The van der Waals surface area contributed by atoms with Crippen molar-refractivity contribution in [3.8, 4) is 0 Å². The van der Waals surface area contributed by atoms with E-state index in [0.717, 1.165) is 25.9 Å². The number of ether oxygens (including phenoxy) is 1. The monoisotopic (exact) mass is 373 g/mol. The first-order valence-corrected chi connectivity index (χ1v) is 9.70. The van der Waals surface area contributed by atoms with Crippen LogP contribution in [0.3, 0.4) is 0 Å². The normalized spacial score (nSPS) is 17.7. The lowest BCUT2D eigenvalue weighted by Crippen LogP contribution is -2.47. The van der Waals surface area contributed by atoms with Crippen LogP contribution in [-0.4, -0.2) is 60.5 Å². The Kier molecular flexibility index (Phi) is 6.32. The Morgan fingerprint density at radius 2 is 1.74 bits per heavy atom. The average Bonchev–Trinajstić information content (AvgIpc) is 3.23. The van der Waals surface area contributed by atoms with Gasteiger partial charge in [0.15, 0.2) is 0 Å². The van der Waals surface area contributed by atoms with Gasteiger partial charge in [-0.05, 0) is 50.8 Å². The van der Waals surface area contributed by atoms with Gasteiger partial charge < -0.3 is 19.9 Å². The highest BCUT2D eigenvalue weighted by Crippen LogP contribution is 2.22. The van der Waals surface area contributed by atoms with Crippen LogP contribution in [0.15, 0.2) is 24.3 Å². The third kappa shape index (κ3) is 4.78. The van der Waals surface area contributed by atoms with Crippen LogP contribution in [0.25, 0.3) is 0 Å². The number of benzene rings is 1. The van der Waals surface area contributed by atoms with Gasteiger partial charge in [-0.3, -0.25) is 4.79 Å². The van der Waals surface area contributed by atoms with Gasteiger partial charge in [0, 0.05) is 37.8 Å². The number of hydrogen-bond donors (Lipinski definition) is 1. The summed E-state index contributed by atoms with van der Waals surface area (Å²) >= 11 is 0. The summed E-state index contributed by atoms with van der Waals surface area (Å²) < 4.78 is 4.99. The van der Waals surface area contributed by atoms with Crippen molar-refractivity contribution in [1.82, 2.24) is 9.80 Å². The topological polar surface area (TPSA) is 79.0 Å². The zero-order valence-electron chi connectivity index (χ0n) is 15.8. The molecule has 0 aromatic heterocycles. The summed E-state index contributed by atoms with van der Waals surface area (Å²) in [5.41, 5.74) is 1.00. The maximum absolute atomic E-state index is 12.6. The van der Waals surface area contributed by atoms with Crippen molar-refractivity contribution >= 4 is 23.6 Å². The fraction of sp³-hybridized carbons (Fsp3) is 0.550. The Balaban J connectivity index is 1.51. The van der Waals surface area contributed by atoms with Crippen LogP contribution < -0.4 is 5.32 Å². The minimum Gasteiger partial charge on any atom is -0.462 e. The second-order valence-corrected chi connectivity index (χ2v) is 7.03. The van der Waals surface area contributed by atoms with Gasteiger partial charge in [-0.1, -0.05) is 6.07 Å². The Morgan fingerprint density at radius 3 is 2.41 bits per heavy atom. The maximum atomic E-state index is 12.6. The highest BCUT2D eigenvalue weighted by molar-refractivity contribution is 5.95. The zero-order valence-corrected chi connectivity index (χ0v) is 15.8. The molecule has 27 heavy (non-hydrogen) atoms. The molecule has 0 aliphatic carbocycles. The first kappa shape index (κ1) is 19.2. The quantitative estimate of drug-likeness (QED) is 0.823. The van der Waals surface area contributed by atoms with E-state index in [2.05, 4.69) is 5.32 Å². The van der Waals surface area contributed by atoms with E-state index in [4.69, 9.17) is 4.74 Å². The Hall–Kier alpha value is -2.57. The predicted molar refractivity (Wildman–Crippen MR) is 102 cm³/mol. The van der Waals surface area contributed by atoms with E-state index < -0.39 is 5.97 Å². The molecule has 1 aromatic rings. The number of amides is 3. The van der Waals surface area contributed by atoms with Crippen LogP contribution in [0, 0.1) is 5.92 Å². The number of hydrogen-bond acceptors (Lipinski definition) is 4. The molecule has 0 unspecified atom stereocenters. The third-order valence-electron chi connectivity index (χ3n) is 5.15. The summed E-state index contributed by atoms with van der Waals surface area (Å²) in [6, 6.07) is 6.87. The van der Waals surface area contributed by atoms with Gasteiger partial charge in [-0.25, -0.2) is 9.59 Å². The minimum atomic E-state index is -0.401. The molecular weight excluding hydrogens is 346 g/mol. The third-order valence-corrected chi connectivity index (χ3v) is 5.15. The first-order valence-electron chi connectivity index (χ1n) is 9.70. The lowest BCUT2D eigenvalue weighted by Gasteiger charge is -2.34. The summed E-state index contributed by atoms with van der Waals surface area (Å²) in [6.45, 7) is 4.97. The van der Waals surface area contributed by atoms with Crippen molar-refractivity contribution in [3.05, 3.63) is 29.8 Å². The van der Waals surface area contributed by atoms with Gasteiger partial charge in [0.2, 0.25) is 5.91 Å². The molecule has 3 rings (SSSR count). The second-order valence-electron chi connectivity index (χ2n) is 7.03. The van der Waals surface area contributed by atoms with Gasteiger partial charge in [-0.2, -0.15) is 0 Å². The van der Waals surface area contributed by atoms with E-state index in [1.165, 1.54) is 0 Å². The van der Waals surface area contributed by atoms with Crippen LogP contribution in [0.2, 0.25) is 0 Å². The summed E-state index contributed by atoms with van der Waals surface area (Å²) in [4.78, 5) is 40.6. The number of anilines is 1.